The molecule has 2 amide bonds. The lowest BCUT2D eigenvalue weighted by Gasteiger charge is -2.33. The molecule has 1 heterocycles. The Balaban J connectivity index is 1.84. The third-order valence-corrected chi connectivity index (χ3v) is 5.20. The van der Waals surface area contributed by atoms with Crippen molar-refractivity contribution in [1.29, 1.82) is 0 Å². The Bertz CT molecular complexity index is 721. The fraction of sp³-hybridized carbons (Fsp3) is 0.667. The van der Waals surface area contributed by atoms with Gasteiger partial charge in [0.2, 0.25) is 5.91 Å². The van der Waals surface area contributed by atoms with Gasteiger partial charge in [0.1, 0.15) is 5.75 Å². The van der Waals surface area contributed by atoms with Crippen molar-refractivity contribution >= 4 is 11.8 Å². The van der Waals surface area contributed by atoms with E-state index in [0.29, 0.717) is 19.5 Å². The van der Waals surface area contributed by atoms with Gasteiger partial charge < -0.3 is 15.0 Å². The largest absolute Gasteiger partial charge is 0.483 e. The van der Waals surface area contributed by atoms with Crippen LogP contribution in [0.5, 0.6) is 5.75 Å². The zero-order valence-corrected chi connectivity index (χ0v) is 19.2. The molecule has 5 nitrogen and oxygen atoms in total. The fourth-order valence-corrected chi connectivity index (χ4v) is 3.62. The van der Waals surface area contributed by atoms with Crippen molar-refractivity contribution in [3.63, 3.8) is 0 Å². The van der Waals surface area contributed by atoms with Crippen LogP contribution in [0, 0.1) is 12.3 Å². The van der Waals surface area contributed by atoms with Gasteiger partial charge >= 0.3 is 0 Å². The highest BCUT2D eigenvalue weighted by atomic mass is 16.5. The predicted molar refractivity (Wildman–Crippen MR) is 117 cm³/mol. The minimum atomic E-state index is -0.0476. The zero-order valence-electron chi connectivity index (χ0n) is 19.2. The Labute approximate surface area is 176 Å². The van der Waals surface area contributed by atoms with Crippen molar-refractivity contribution in [3.05, 3.63) is 29.3 Å². The summed E-state index contributed by atoms with van der Waals surface area (Å²) in [6.07, 6.45) is 2.10. The summed E-state index contributed by atoms with van der Waals surface area (Å²) in [5, 5.41) is 3.11. The van der Waals surface area contributed by atoms with Crippen molar-refractivity contribution in [2.24, 2.45) is 5.41 Å². The normalized spacial score (nSPS) is 15.9. The van der Waals surface area contributed by atoms with Crippen LogP contribution in [0.15, 0.2) is 18.2 Å². The van der Waals surface area contributed by atoms with Crippen molar-refractivity contribution in [2.75, 3.05) is 19.7 Å². The molecule has 1 aliphatic rings. The minimum absolute atomic E-state index is 0.00454. The standard InChI is InChI=1S/C24H38N2O3/c1-17-8-9-20(19(14-17)24(5,6)7)29-16-22(28)26-12-10-18(11-13-26)25-21(27)15-23(2,3)4/h8-9,14,18H,10-13,15-16H2,1-7H3,(H,25,27). The molecule has 1 aromatic rings. The summed E-state index contributed by atoms with van der Waals surface area (Å²) in [4.78, 5) is 26.6. The number of carbonyl (C=O) groups excluding carboxylic acids is 2. The SMILES string of the molecule is Cc1ccc(OCC(=O)N2CCC(NC(=O)CC(C)(C)C)CC2)c(C(C)(C)C)c1. The van der Waals surface area contributed by atoms with E-state index in [0.717, 1.165) is 24.2 Å². The Kier molecular flexibility index (Phi) is 7.36. The van der Waals surface area contributed by atoms with Crippen LogP contribution in [0.4, 0.5) is 0 Å². The van der Waals surface area contributed by atoms with Crippen LogP contribution in [-0.2, 0) is 15.0 Å². The maximum Gasteiger partial charge on any atom is 0.260 e. The van der Waals surface area contributed by atoms with Crippen LogP contribution < -0.4 is 10.1 Å². The Morgan fingerprint density at radius 3 is 2.28 bits per heavy atom. The molecule has 1 saturated heterocycles. The third kappa shape index (κ3) is 7.37. The molecule has 0 aliphatic carbocycles. The summed E-state index contributed by atoms with van der Waals surface area (Å²) in [6, 6.07) is 6.26. The number of benzene rings is 1. The molecule has 0 unspecified atom stereocenters. The highest BCUT2D eigenvalue weighted by molar-refractivity contribution is 5.78. The molecule has 1 aromatic carbocycles. The average molecular weight is 403 g/mol. The van der Waals surface area contributed by atoms with Gasteiger partial charge in [-0.1, -0.05) is 59.2 Å². The highest BCUT2D eigenvalue weighted by Gasteiger charge is 2.26. The Morgan fingerprint density at radius 1 is 1.10 bits per heavy atom. The lowest BCUT2D eigenvalue weighted by atomic mass is 9.85. The second kappa shape index (κ2) is 9.19. The van der Waals surface area contributed by atoms with Crippen LogP contribution in [0.25, 0.3) is 0 Å². The highest BCUT2D eigenvalue weighted by Crippen LogP contribution is 2.32. The number of amides is 2. The number of aryl methyl sites for hydroxylation is 1. The number of nitrogens with zero attached hydrogens (tertiary/aromatic N) is 1. The van der Waals surface area contributed by atoms with E-state index in [4.69, 9.17) is 4.74 Å². The molecule has 2 rings (SSSR count). The topological polar surface area (TPSA) is 58.6 Å². The van der Waals surface area contributed by atoms with Crippen LogP contribution in [0.2, 0.25) is 0 Å². The Hall–Kier alpha value is -2.04. The molecule has 0 spiro atoms. The summed E-state index contributed by atoms with van der Waals surface area (Å²) in [6.45, 7) is 16.1. The van der Waals surface area contributed by atoms with Gasteiger partial charge in [0.15, 0.2) is 6.61 Å². The van der Waals surface area contributed by atoms with Gasteiger partial charge in [-0.15, -0.1) is 0 Å². The molecule has 162 valence electrons. The van der Waals surface area contributed by atoms with E-state index >= 15 is 0 Å². The average Bonchev–Trinajstić information content (AvgIpc) is 2.58. The van der Waals surface area contributed by atoms with E-state index in [1.165, 1.54) is 5.56 Å². The molecule has 29 heavy (non-hydrogen) atoms. The molecule has 0 aromatic heterocycles. The van der Waals surface area contributed by atoms with Crippen molar-refractivity contribution in [1.82, 2.24) is 10.2 Å². The number of carbonyl (C=O) groups is 2. The number of hydrogen-bond acceptors (Lipinski definition) is 3. The first-order valence-electron chi connectivity index (χ1n) is 10.7. The summed E-state index contributed by atoms with van der Waals surface area (Å²) < 4.78 is 5.92. The Morgan fingerprint density at radius 2 is 1.72 bits per heavy atom. The van der Waals surface area contributed by atoms with E-state index in [1.807, 2.05) is 17.0 Å². The number of ether oxygens (including phenoxy) is 1. The molecule has 0 saturated carbocycles. The fourth-order valence-electron chi connectivity index (χ4n) is 3.62. The van der Waals surface area contributed by atoms with Gasteiger partial charge in [-0.2, -0.15) is 0 Å². The molecule has 1 aliphatic heterocycles. The number of likely N-dealkylation sites (tertiary alicyclic amines) is 1. The number of rotatable bonds is 5. The van der Waals surface area contributed by atoms with Gasteiger partial charge in [-0.25, -0.2) is 0 Å². The minimum Gasteiger partial charge on any atom is -0.483 e. The number of hydrogen-bond donors (Lipinski definition) is 1. The van der Waals surface area contributed by atoms with Crippen molar-refractivity contribution < 1.29 is 14.3 Å². The first-order chi connectivity index (χ1) is 13.3. The van der Waals surface area contributed by atoms with Gasteiger partial charge in [0.05, 0.1) is 0 Å². The van der Waals surface area contributed by atoms with Gasteiger partial charge in [0, 0.05) is 25.6 Å². The van der Waals surface area contributed by atoms with Gasteiger partial charge in [0.25, 0.3) is 5.91 Å². The lowest BCUT2D eigenvalue weighted by molar-refractivity contribution is -0.134. The van der Waals surface area contributed by atoms with E-state index in [1.54, 1.807) is 0 Å². The summed E-state index contributed by atoms with van der Waals surface area (Å²) in [5.41, 5.74) is 2.24. The number of piperidine rings is 1. The first kappa shape index (κ1) is 23.2. The molecular weight excluding hydrogens is 364 g/mol. The zero-order chi connectivity index (χ0) is 21.8. The molecule has 0 radical (unpaired) electrons. The third-order valence-electron chi connectivity index (χ3n) is 5.20. The quantitative estimate of drug-likeness (QED) is 0.802. The van der Waals surface area contributed by atoms with Crippen molar-refractivity contribution in [2.45, 2.75) is 79.2 Å². The smallest absolute Gasteiger partial charge is 0.260 e. The molecule has 1 fully saturated rings. The van der Waals surface area contributed by atoms with Gasteiger partial charge in [-0.3, -0.25) is 9.59 Å². The molecular formula is C24H38N2O3. The molecule has 0 atom stereocenters. The van der Waals surface area contributed by atoms with Crippen molar-refractivity contribution in [3.8, 4) is 5.75 Å². The van der Waals surface area contributed by atoms with Crippen LogP contribution >= 0.6 is 0 Å². The van der Waals surface area contributed by atoms with Crippen LogP contribution in [0.3, 0.4) is 0 Å². The van der Waals surface area contributed by atoms with Gasteiger partial charge in [-0.05, 0) is 42.2 Å². The van der Waals surface area contributed by atoms with E-state index in [9.17, 15) is 9.59 Å². The predicted octanol–water partition coefficient (Wildman–Crippen LogP) is 4.21. The molecule has 0 bridgehead atoms. The molecule has 5 heteroatoms. The monoisotopic (exact) mass is 402 g/mol. The second-order valence-electron chi connectivity index (χ2n) is 10.5. The second-order valence-corrected chi connectivity index (χ2v) is 10.5. The lowest BCUT2D eigenvalue weighted by Crippen LogP contribution is -2.48. The van der Waals surface area contributed by atoms with E-state index < -0.39 is 0 Å². The summed E-state index contributed by atoms with van der Waals surface area (Å²) >= 11 is 0. The first-order valence-corrected chi connectivity index (χ1v) is 10.7. The number of nitrogens with one attached hydrogen (secondary N) is 1. The maximum absolute atomic E-state index is 12.6. The van der Waals surface area contributed by atoms with E-state index in [-0.39, 0.29) is 35.3 Å². The maximum atomic E-state index is 12.6. The van der Waals surface area contributed by atoms with Crippen LogP contribution in [-0.4, -0.2) is 42.5 Å². The molecule has 1 N–H and O–H groups in total. The summed E-state index contributed by atoms with van der Waals surface area (Å²) in [5.74, 6) is 0.880. The van der Waals surface area contributed by atoms with Crippen LogP contribution in [0.1, 0.15) is 71.9 Å². The summed E-state index contributed by atoms with van der Waals surface area (Å²) in [7, 11) is 0. The van der Waals surface area contributed by atoms with E-state index in [2.05, 4.69) is 59.8 Å².